The SMILES string of the molecule is C[NH+](C)[C@H](CNC(=O)c1ccc(Cl)c(S(=O)(=O)N2CCc3ccccc3C2)c1)c1cccs1. The number of fused-ring (bicyclic) bond motifs is 1. The van der Waals surface area contributed by atoms with Crippen LogP contribution in [-0.4, -0.2) is 45.8 Å². The molecule has 1 amide bonds. The molecule has 4 rings (SSSR count). The number of thiophene rings is 1. The Morgan fingerprint density at radius 1 is 1.15 bits per heavy atom. The smallest absolute Gasteiger partial charge is 0.251 e. The molecule has 2 N–H and O–H groups in total. The van der Waals surface area contributed by atoms with Gasteiger partial charge in [-0.3, -0.25) is 4.79 Å². The monoisotopic (exact) mass is 504 g/mol. The van der Waals surface area contributed by atoms with Gasteiger partial charge in [-0.05, 0) is 47.2 Å². The first kappa shape index (κ1) is 23.9. The Bertz CT molecular complexity index is 1240. The van der Waals surface area contributed by atoms with Crippen molar-refractivity contribution in [1.82, 2.24) is 9.62 Å². The number of amides is 1. The van der Waals surface area contributed by atoms with Crippen LogP contribution in [0.5, 0.6) is 0 Å². The summed E-state index contributed by atoms with van der Waals surface area (Å²) >= 11 is 7.95. The van der Waals surface area contributed by atoms with Crippen molar-refractivity contribution in [2.24, 2.45) is 0 Å². The summed E-state index contributed by atoms with van der Waals surface area (Å²) in [6.07, 6.45) is 0.643. The lowest BCUT2D eigenvalue weighted by atomic mass is 10.0. The molecule has 0 saturated carbocycles. The molecule has 0 radical (unpaired) electrons. The number of nitrogens with one attached hydrogen (secondary N) is 2. The lowest BCUT2D eigenvalue weighted by Gasteiger charge is -2.28. The molecule has 3 aromatic rings. The molecule has 0 spiro atoms. The number of carbonyl (C=O) groups is 1. The van der Waals surface area contributed by atoms with Gasteiger partial charge in [-0.15, -0.1) is 11.3 Å². The van der Waals surface area contributed by atoms with Crippen molar-refractivity contribution in [3.8, 4) is 0 Å². The molecule has 1 aliphatic heterocycles. The number of hydrogen-bond donors (Lipinski definition) is 2. The second kappa shape index (κ2) is 9.95. The summed E-state index contributed by atoms with van der Waals surface area (Å²) in [6.45, 7) is 1.11. The van der Waals surface area contributed by atoms with E-state index in [0.29, 0.717) is 26.1 Å². The van der Waals surface area contributed by atoms with E-state index in [9.17, 15) is 13.2 Å². The second-order valence-corrected chi connectivity index (χ2v) is 11.7. The fourth-order valence-corrected chi connectivity index (χ4v) is 6.91. The summed E-state index contributed by atoms with van der Waals surface area (Å²) in [7, 11) is 0.231. The first-order valence-electron chi connectivity index (χ1n) is 10.8. The third-order valence-electron chi connectivity index (χ3n) is 5.96. The molecule has 0 aliphatic carbocycles. The highest BCUT2D eigenvalue weighted by Gasteiger charge is 2.30. The number of sulfonamides is 1. The van der Waals surface area contributed by atoms with E-state index in [4.69, 9.17) is 11.6 Å². The van der Waals surface area contributed by atoms with Crippen molar-refractivity contribution in [2.75, 3.05) is 27.2 Å². The van der Waals surface area contributed by atoms with Crippen molar-refractivity contribution >= 4 is 38.9 Å². The maximum atomic E-state index is 13.4. The highest BCUT2D eigenvalue weighted by Crippen LogP contribution is 2.30. The molecule has 2 heterocycles. The standard InChI is InChI=1S/C24H26ClN3O3S2/c1-27(2)21(22-8-5-13-32-22)15-26-24(29)18-9-10-20(25)23(14-18)33(30,31)28-12-11-17-6-3-4-7-19(17)16-28/h3-10,13-14,21H,11-12,15-16H2,1-2H3,(H,26,29)/p+1/t21-/m1/s1. The lowest BCUT2D eigenvalue weighted by Crippen LogP contribution is -3.06. The van der Waals surface area contributed by atoms with E-state index in [0.717, 1.165) is 11.1 Å². The third-order valence-corrected chi connectivity index (χ3v) is 9.27. The molecule has 0 fully saturated rings. The van der Waals surface area contributed by atoms with Gasteiger partial charge < -0.3 is 10.2 Å². The Hall–Kier alpha value is -2.23. The summed E-state index contributed by atoms with van der Waals surface area (Å²) in [5, 5.41) is 5.08. The van der Waals surface area contributed by atoms with Gasteiger partial charge in [0, 0.05) is 18.7 Å². The largest absolute Gasteiger partial charge is 0.346 e. The molecule has 33 heavy (non-hydrogen) atoms. The average molecular weight is 505 g/mol. The van der Waals surface area contributed by atoms with E-state index < -0.39 is 10.0 Å². The van der Waals surface area contributed by atoms with Gasteiger partial charge in [-0.25, -0.2) is 8.42 Å². The van der Waals surface area contributed by atoms with Gasteiger partial charge in [0.2, 0.25) is 10.0 Å². The zero-order valence-electron chi connectivity index (χ0n) is 18.5. The number of hydrogen-bond acceptors (Lipinski definition) is 4. The highest BCUT2D eigenvalue weighted by molar-refractivity contribution is 7.89. The fourth-order valence-electron chi connectivity index (χ4n) is 4.03. The third kappa shape index (κ3) is 5.15. The number of benzene rings is 2. The van der Waals surface area contributed by atoms with Gasteiger partial charge in [0.1, 0.15) is 10.9 Å². The molecule has 1 atom stereocenters. The Morgan fingerprint density at radius 3 is 2.61 bits per heavy atom. The lowest BCUT2D eigenvalue weighted by molar-refractivity contribution is -0.890. The average Bonchev–Trinajstić information content (AvgIpc) is 3.33. The van der Waals surface area contributed by atoms with Crippen molar-refractivity contribution in [1.29, 1.82) is 0 Å². The summed E-state index contributed by atoms with van der Waals surface area (Å²) < 4.78 is 28.3. The van der Waals surface area contributed by atoms with E-state index in [1.54, 1.807) is 17.4 Å². The normalized spacial score (nSPS) is 15.3. The number of nitrogens with zero attached hydrogens (tertiary/aromatic N) is 1. The molecular weight excluding hydrogens is 478 g/mol. The Morgan fingerprint density at radius 2 is 1.91 bits per heavy atom. The minimum absolute atomic E-state index is 0.0377. The zero-order chi connectivity index (χ0) is 23.6. The van der Waals surface area contributed by atoms with Crippen molar-refractivity contribution in [3.05, 3.63) is 86.6 Å². The summed E-state index contributed by atoms with van der Waals surface area (Å²) in [4.78, 5) is 15.2. The molecule has 1 aliphatic rings. The summed E-state index contributed by atoms with van der Waals surface area (Å²) in [6, 6.07) is 16.4. The van der Waals surface area contributed by atoms with Gasteiger partial charge in [-0.1, -0.05) is 41.9 Å². The number of quaternary nitrogens is 1. The number of halogens is 1. The predicted molar refractivity (Wildman–Crippen MR) is 131 cm³/mol. The Kier molecular flexibility index (Phi) is 7.21. The van der Waals surface area contributed by atoms with Crippen LogP contribution in [0.3, 0.4) is 0 Å². The summed E-state index contributed by atoms with van der Waals surface area (Å²) in [5.41, 5.74) is 2.42. The second-order valence-electron chi connectivity index (χ2n) is 8.36. The van der Waals surface area contributed by atoms with Gasteiger partial charge in [0.05, 0.1) is 30.5 Å². The predicted octanol–water partition coefficient (Wildman–Crippen LogP) is 2.76. The van der Waals surface area contributed by atoms with E-state index in [1.807, 2.05) is 49.8 Å². The van der Waals surface area contributed by atoms with E-state index >= 15 is 0 Å². The van der Waals surface area contributed by atoms with E-state index in [-0.39, 0.29) is 27.4 Å². The highest BCUT2D eigenvalue weighted by atomic mass is 35.5. The van der Waals surface area contributed by atoms with Crippen molar-refractivity contribution in [3.63, 3.8) is 0 Å². The van der Waals surface area contributed by atoms with Crippen molar-refractivity contribution < 1.29 is 18.1 Å². The first-order valence-corrected chi connectivity index (χ1v) is 13.5. The Labute approximate surface area is 203 Å². The molecule has 6 nitrogen and oxygen atoms in total. The van der Waals surface area contributed by atoms with Gasteiger partial charge in [-0.2, -0.15) is 4.31 Å². The maximum absolute atomic E-state index is 13.4. The van der Waals surface area contributed by atoms with Gasteiger partial charge in [0.25, 0.3) is 5.91 Å². The molecule has 174 valence electrons. The molecule has 0 bridgehead atoms. The molecule has 2 aromatic carbocycles. The fraction of sp³-hybridized carbons (Fsp3) is 0.292. The van der Waals surface area contributed by atoms with E-state index in [1.165, 1.54) is 26.2 Å². The van der Waals surface area contributed by atoms with Crippen LogP contribution in [-0.2, 0) is 23.0 Å². The van der Waals surface area contributed by atoms with E-state index in [2.05, 4.69) is 11.4 Å². The van der Waals surface area contributed by atoms with Crippen LogP contribution in [0, 0.1) is 0 Å². The molecule has 9 heteroatoms. The number of rotatable bonds is 7. The van der Waals surface area contributed by atoms with Crippen LogP contribution in [0.15, 0.2) is 64.9 Å². The van der Waals surface area contributed by atoms with Crippen LogP contribution in [0.2, 0.25) is 5.02 Å². The molecule has 0 saturated heterocycles. The van der Waals surface area contributed by atoms with Crippen LogP contribution >= 0.6 is 22.9 Å². The Balaban J connectivity index is 1.53. The minimum Gasteiger partial charge on any atom is -0.346 e. The maximum Gasteiger partial charge on any atom is 0.251 e. The van der Waals surface area contributed by atoms with Gasteiger partial charge in [0.15, 0.2) is 0 Å². The number of likely N-dealkylation sites (N-methyl/N-ethyl adjacent to an activating group) is 1. The minimum atomic E-state index is -3.85. The topological polar surface area (TPSA) is 70.9 Å². The van der Waals surface area contributed by atoms with Crippen LogP contribution in [0.25, 0.3) is 0 Å². The first-order chi connectivity index (χ1) is 15.8. The molecular formula is C24H27ClN3O3S2+. The molecule has 1 aromatic heterocycles. The van der Waals surface area contributed by atoms with Crippen LogP contribution < -0.4 is 10.2 Å². The van der Waals surface area contributed by atoms with Crippen LogP contribution in [0.4, 0.5) is 0 Å². The molecule has 0 unspecified atom stereocenters. The van der Waals surface area contributed by atoms with Gasteiger partial charge >= 0.3 is 0 Å². The van der Waals surface area contributed by atoms with Crippen LogP contribution in [0.1, 0.15) is 32.4 Å². The number of carbonyl (C=O) groups excluding carboxylic acids is 1. The quantitative estimate of drug-likeness (QED) is 0.520. The zero-order valence-corrected chi connectivity index (χ0v) is 20.9. The summed E-state index contributed by atoms with van der Waals surface area (Å²) in [5.74, 6) is -0.324. The van der Waals surface area contributed by atoms with Crippen molar-refractivity contribution in [2.45, 2.75) is 23.9 Å².